The molecule has 19 heavy (non-hydrogen) atoms. The number of ether oxygens (including phenoxy) is 1. The zero-order valence-electron chi connectivity index (χ0n) is 9.47. The van der Waals surface area contributed by atoms with E-state index >= 15 is 0 Å². The molecule has 2 rings (SSSR count). The van der Waals surface area contributed by atoms with Crippen molar-refractivity contribution in [3.05, 3.63) is 58.1 Å². The fourth-order valence-electron chi connectivity index (χ4n) is 1.50. The van der Waals surface area contributed by atoms with Gasteiger partial charge in [-0.2, -0.15) is 4.39 Å². The summed E-state index contributed by atoms with van der Waals surface area (Å²) in [6, 6.07) is 7.13. The highest BCUT2D eigenvalue weighted by Crippen LogP contribution is 2.34. The van der Waals surface area contributed by atoms with Gasteiger partial charge in [-0.1, -0.05) is 6.07 Å². The minimum atomic E-state index is -1.30. The molecule has 7 heteroatoms. The molecule has 2 aromatic carbocycles. The molecule has 0 atom stereocenters. The standard InChI is InChI=1S/C12H8F2N2O3/c13-7-4-10(14)12(16(17)18)11(5-7)19-9-3-1-2-8(15)6-9/h1-6H,15H2. The zero-order valence-corrected chi connectivity index (χ0v) is 9.47. The van der Waals surface area contributed by atoms with Crippen LogP contribution < -0.4 is 10.5 Å². The van der Waals surface area contributed by atoms with Gasteiger partial charge in [0, 0.05) is 23.9 Å². The number of nitrogen functional groups attached to an aromatic ring is 1. The predicted molar refractivity (Wildman–Crippen MR) is 63.9 cm³/mol. The van der Waals surface area contributed by atoms with E-state index in [0.717, 1.165) is 6.07 Å². The van der Waals surface area contributed by atoms with E-state index in [2.05, 4.69) is 0 Å². The third kappa shape index (κ3) is 2.76. The molecule has 0 bridgehead atoms. The summed E-state index contributed by atoms with van der Waals surface area (Å²) < 4.78 is 31.6. The summed E-state index contributed by atoms with van der Waals surface area (Å²) in [4.78, 5) is 9.77. The van der Waals surface area contributed by atoms with Crippen LogP contribution in [-0.4, -0.2) is 4.92 Å². The number of nitrogens with zero attached hydrogens (tertiary/aromatic N) is 1. The zero-order chi connectivity index (χ0) is 14.0. The van der Waals surface area contributed by atoms with Gasteiger partial charge in [-0.15, -0.1) is 0 Å². The molecule has 0 aliphatic rings. The lowest BCUT2D eigenvalue weighted by atomic mass is 10.2. The van der Waals surface area contributed by atoms with Crippen LogP contribution in [-0.2, 0) is 0 Å². The minimum Gasteiger partial charge on any atom is -0.450 e. The maximum atomic E-state index is 13.4. The van der Waals surface area contributed by atoms with Gasteiger partial charge in [-0.25, -0.2) is 4.39 Å². The van der Waals surface area contributed by atoms with Crippen LogP contribution in [0, 0.1) is 21.7 Å². The number of hydrogen-bond acceptors (Lipinski definition) is 4. The highest BCUT2D eigenvalue weighted by Gasteiger charge is 2.24. The van der Waals surface area contributed by atoms with Crippen LogP contribution in [0.1, 0.15) is 0 Å². The second kappa shape index (κ2) is 4.89. The first-order valence-electron chi connectivity index (χ1n) is 5.14. The molecule has 0 saturated heterocycles. The minimum absolute atomic E-state index is 0.146. The molecule has 0 heterocycles. The first-order chi connectivity index (χ1) is 8.97. The summed E-state index contributed by atoms with van der Waals surface area (Å²) in [6.45, 7) is 0. The van der Waals surface area contributed by atoms with Gasteiger partial charge in [0.1, 0.15) is 11.6 Å². The first-order valence-corrected chi connectivity index (χ1v) is 5.14. The van der Waals surface area contributed by atoms with Crippen molar-refractivity contribution in [2.75, 3.05) is 5.73 Å². The van der Waals surface area contributed by atoms with Gasteiger partial charge in [0.15, 0.2) is 0 Å². The van der Waals surface area contributed by atoms with Crippen LogP contribution >= 0.6 is 0 Å². The van der Waals surface area contributed by atoms with Crippen LogP contribution in [0.3, 0.4) is 0 Å². The lowest BCUT2D eigenvalue weighted by molar-refractivity contribution is -0.388. The molecule has 0 aromatic heterocycles. The summed E-state index contributed by atoms with van der Waals surface area (Å²) in [6.07, 6.45) is 0. The number of hydrogen-bond donors (Lipinski definition) is 1. The Balaban J connectivity index is 2.47. The van der Waals surface area contributed by atoms with Gasteiger partial charge in [0.2, 0.25) is 11.6 Å². The third-order valence-corrected chi connectivity index (χ3v) is 2.26. The van der Waals surface area contributed by atoms with Gasteiger partial charge in [0.05, 0.1) is 4.92 Å². The molecule has 2 aromatic rings. The number of anilines is 1. The van der Waals surface area contributed by atoms with Crippen molar-refractivity contribution in [3.8, 4) is 11.5 Å². The van der Waals surface area contributed by atoms with E-state index in [-0.39, 0.29) is 5.75 Å². The molecule has 0 radical (unpaired) electrons. The molecule has 0 unspecified atom stereocenters. The Hall–Kier alpha value is -2.70. The average molecular weight is 266 g/mol. The Morgan fingerprint density at radius 1 is 1.21 bits per heavy atom. The highest BCUT2D eigenvalue weighted by atomic mass is 19.1. The second-order valence-electron chi connectivity index (χ2n) is 3.67. The van der Waals surface area contributed by atoms with Gasteiger partial charge in [0.25, 0.3) is 0 Å². The molecular formula is C12H8F2N2O3. The monoisotopic (exact) mass is 266 g/mol. The molecule has 98 valence electrons. The van der Waals surface area contributed by atoms with Crippen LogP contribution in [0.2, 0.25) is 0 Å². The second-order valence-corrected chi connectivity index (χ2v) is 3.67. The lowest BCUT2D eigenvalue weighted by Gasteiger charge is -2.07. The average Bonchev–Trinajstić information content (AvgIpc) is 2.26. The van der Waals surface area contributed by atoms with Crippen molar-refractivity contribution in [1.82, 2.24) is 0 Å². The fraction of sp³-hybridized carbons (Fsp3) is 0. The molecule has 0 fully saturated rings. The highest BCUT2D eigenvalue weighted by molar-refractivity contribution is 5.51. The first kappa shape index (κ1) is 12.7. The van der Waals surface area contributed by atoms with Gasteiger partial charge < -0.3 is 10.5 Å². The fourth-order valence-corrected chi connectivity index (χ4v) is 1.50. The van der Waals surface area contributed by atoms with Crippen LogP contribution in [0.4, 0.5) is 20.2 Å². The molecule has 0 aliphatic heterocycles. The summed E-state index contributed by atoms with van der Waals surface area (Å²) in [5.41, 5.74) is 4.94. The smallest absolute Gasteiger partial charge is 0.347 e. The maximum Gasteiger partial charge on any atom is 0.347 e. The van der Waals surface area contributed by atoms with Crippen molar-refractivity contribution in [3.63, 3.8) is 0 Å². The molecular weight excluding hydrogens is 258 g/mol. The summed E-state index contributed by atoms with van der Waals surface area (Å²) in [7, 11) is 0. The van der Waals surface area contributed by atoms with E-state index in [4.69, 9.17) is 10.5 Å². The third-order valence-electron chi connectivity index (χ3n) is 2.26. The predicted octanol–water partition coefficient (Wildman–Crippen LogP) is 3.25. The van der Waals surface area contributed by atoms with Crippen molar-refractivity contribution < 1.29 is 18.4 Å². The van der Waals surface area contributed by atoms with Gasteiger partial charge in [-0.05, 0) is 12.1 Å². The summed E-state index contributed by atoms with van der Waals surface area (Å²) in [5.74, 6) is -2.65. The molecule has 0 aliphatic carbocycles. The van der Waals surface area contributed by atoms with Crippen LogP contribution in [0.5, 0.6) is 11.5 Å². The van der Waals surface area contributed by atoms with Crippen LogP contribution in [0.15, 0.2) is 36.4 Å². The number of nitro groups is 1. The topological polar surface area (TPSA) is 78.4 Å². The molecule has 0 spiro atoms. The van der Waals surface area contributed by atoms with Gasteiger partial charge >= 0.3 is 5.69 Å². The van der Waals surface area contributed by atoms with E-state index in [1.165, 1.54) is 12.1 Å². The largest absolute Gasteiger partial charge is 0.450 e. The molecule has 2 N–H and O–H groups in total. The maximum absolute atomic E-state index is 13.4. The number of halogens is 2. The van der Waals surface area contributed by atoms with Gasteiger partial charge in [-0.3, -0.25) is 10.1 Å². The molecule has 5 nitrogen and oxygen atoms in total. The Labute approximate surface area is 106 Å². The van der Waals surface area contributed by atoms with Crippen molar-refractivity contribution in [1.29, 1.82) is 0 Å². The van der Waals surface area contributed by atoms with Crippen LogP contribution in [0.25, 0.3) is 0 Å². The Kier molecular flexibility index (Phi) is 3.28. The molecule has 0 saturated carbocycles. The Morgan fingerprint density at radius 3 is 2.58 bits per heavy atom. The SMILES string of the molecule is Nc1cccc(Oc2cc(F)cc(F)c2[N+](=O)[O-])c1. The van der Waals surface area contributed by atoms with E-state index in [9.17, 15) is 18.9 Å². The summed E-state index contributed by atoms with van der Waals surface area (Å²) >= 11 is 0. The van der Waals surface area contributed by atoms with E-state index in [1.807, 2.05) is 0 Å². The van der Waals surface area contributed by atoms with E-state index in [0.29, 0.717) is 11.8 Å². The Bertz CT molecular complexity index is 647. The van der Waals surface area contributed by atoms with E-state index in [1.54, 1.807) is 12.1 Å². The lowest BCUT2D eigenvalue weighted by Crippen LogP contribution is -1.98. The Morgan fingerprint density at radius 2 is 1.95 bits per heavy atom. The number of rotatable bonds is 3. The molecule has 0 amide bonds. The number of nitro benzene ring substituents is 1. The quantitative estimate of drug-likeness (QED) is 0.525. The number of nitrogens with two attached hydrogens (primary N) is 1. The van der Waals surface area contributed by atoms with Crippen molar-refractivity contribution in [2.45, 2.75) is 0 Å². The normalized spacial score (nSPS) is 10.2. The van der Waals surface area contributed by atoms with E-state index < -0.39 is 28.0 Å². The number of benzene rings is 2. The van der Waals surface area contributed by atoms with Crippen molar-refractivity contribution >= 4 is 11.4 Å². The van der Waals surface area contributed by atoms with Crippen molar-refractivity contribution in [2.24, 2.45) is 0 Å². The summed E-state index contributed by atoms with van der Waals surface area (Å²) in [5, 5.41) is 10.7.